The molecule has 126 valence electrons. The van der Waals surface area contributed by atoms with E-state index in [0.29, 0.717) is 32.5 Å². The summed E-state index contributed by atoms with van der Waals surface area (Å²) in [6.45, 7) is 0.585. The molecule has 0 radical (unpaired) electrons. The molecule has 1 fully saturated rings. The highest BCUT2D eigenvalue weighted by Gasteiger charge is 2.32. The molecule has 0 aromatic rings. The smallest absolute Gasteiger partial charge is 0.338 e. The van der Waals surface area contributed by atoms with Crippen molar-refractivity contribution in [1.82, 2.24) is 15.5 Å². The maximum Gasteiger partial charge on any atom is 0.401 e. The number of likely N-dealkylation sites (tertiary alicyclic amines) is 1. The molecular formula is C15H24F3N3O. The quantitative estimate of drug-likeness (QED) is 0.783. The lowest BCUT2D eigenvalue weighted by molar-refractivity contribution is -0.148. The molecule has 1 saturated heterocycles. The van der Waals surface area contributed by atoms with Crippen LogP contribution in [-0.4, -0.2) is 49.3 Å². The summed E-state index contributed by atoms with van der Waals surface area (Å²) >= 11 is 0. The Bertz CT molecular complexity index is 390. The number of rotatable bonds is 4. The first-order valence-electron chi connectivity index (χ1n) is 7.92. The zero-order valence-corrected chi connectivity index (χ0v) is 12.7. The van der Waals surface area contributed by atoms with Crippen LogP contribution in [0, 0.1) is 5.92 Å². The van der Waals surface area contributed by atoms with Crippen LogP contribution in [0.25, 0.3) is 0 Å². The fourth-order valence-electron chi connectivity index (χ4n) is 2.99. The number of amides is 2. The molecule has 2 rings (SSSR count). The van der Waals surface area contributed by atoms with E-state index in [9.17, 15) is 18.0 Å². The van der Waals surface area contributed by atoms with Crippen LogP contribution in [0.15, 0.2) is 12.2 Å². The average molecular weight is 319 g/mol. The van der Waals surface area contributed by atoms with Gasteiger partial charge in [0.25, 0.3) is 0 Å². The maximum atomic E-state index is 12.3. The largest absolute Gasteiger partial charge is 0.401 e. The number of piperidine rings is 1. The molecule has 22 heavy (non-hydrogen) atoms. The highest BCUT2D eigenvalue weighted by molar-refractivity contribution is 5.74. The standard InChI is InChI=1S/C15H24F3N3O/c16-15(17,18)11-21-8-6-12(7-9-21)10-19-14(22)20-13-4-2-1-3-5-13/h2,4,12-13H,1,3,5-11H2,(H2,19,20,22)/t13-/m1/s1. The van der Waals surface area contributed by atoms with E-state index in [-0.39, 0.29) is 18.0 Å². The fraction of sp³-hybridized carbons (Fsp3) is 0.800. The van der Waals surface area contributed by atoms with Gasteiger partial charge in [0.05, 0.1) is 6.54 Å². The fourth-order valence-corrected chi connectivity index (χ4v) is 2.99. The molecule has 0 bridgehead atoms. The van der Waals surface area contributed by atoms with Crippen LogP contribution in [-0.2, 0) is 0 Å². The second-order valence-corrected chi connectivity index (χ2v) is 6.15. The number of nitrogens with zero attached hydrogens (tertiary/aromatic N) is 1. The molecule has 2 amide bonds. The lowest BCUT2D eigenvalue weighted by Crippen LogP contribution is -2.46. The van der Waals surface area contributed by atoms with E-state index in [1.807, 2.05) is 6.08 Å². The average Bonchev–Trinajstić information content (AvgIpc) is 2.46. The molecule has 1 aliphatic heterocycles. The van der Waals surface area contributed by atoms with Crippen molar-refractivity contribution in [3.63, 3.8) is 0 Å². The zero-order valence-electron chi connectivity index (χ0n) is 12.7. The molecular weight excluding hydrogens is 295 g/mol. The maximum absolute atomic E-state index is 12.3. The molecule has 2 N–H and O–H groups in total. The van der Waals surface area contributed by atoms with Crippen molar-refractivity contribution >= 4 is 6.03 Å². The first-order valence-corrected chi connectivity index (χ1v) is 7.92. The number of nitrogens with one attached hydrogen (secondary N) is 2. The number of halogens is 3. The van der Waals surface area contributed by atoms with Gasteiger partial charge in [-0.25, -0.2) is 4.79 Å². The summed E-state index contributed by atoms with van der Waals surface area (Å²) in [5.41, 5.74) is 0. The van der Waals surface area contributed by atoms with Gasteiger partial charge in [0.2, 0.25) is 0 Å². The minimum Gasteiger partial charge on any atom is -0.338 e. The van der Waals surface area contributed by atoms with Gasteiger partial charge in [-0.05, 0) is 51.1 Å². The van der Waals surface area contributed by atoms with Gasteiger partial charge in [-0.3, -0.25) is 4.90 Å². The summed E-state index contributed by atoms with van der Waals surface area (Å²) in [6.07, 6.45) is 4.45. The molecule has 0 spiro atoms. The Morgan fingerprint density at radius 2 is 1.95 bits per heavy atom. The summed E-state index contributed by atoms with van der Waals surface area (Å²) in [4.78, 5) is 13.2. The van der Waals surface area contributed by atoms with Gasteiger partial charge >= 0.3 is 12.2 Å². The summed E-state index contributed by atoms with van der Waals surface area (Å²) in [5.74, 6) is 0.261. The van der Waals surface area contributed by atoms with Crippen molar-refractivity contribution in [3.8, 4) is 0 Å². The topological polar surface area (TPSA) is 44.4 Å². The minimum absolute atomic E-state index is 0.0994. The van der Waals surface area contributed by atoms with Crippen LogP contribution in [0.2, 0.25) is 0 Å². The Labute approximate surface area is 129 Å². The van der Waals surface area contributed by atoms with Crippen molar-refractivity contribution < 1.29 is 18.0 Å². The Morgan fingerprint density at radius 1 is 1.23 bits per heavy atom. The van der Waals surface area contributed by atoms with Crippen molar-refractivity contribution in [3.05, 3.63) is 12.2 Å². The van der Waals surface area contributed by atoms with Gasteiger partial charge in [-0.2, -0.15) is 13.2 Å². The number of urea groups is 1. The third-order valence-corrected chi connectivity index (χ3v) is 4.23. The highest BCUT2D eigenvalue weighted by Crippen LogP contribution is 2.22. The third-order valence-electron chi connectivity index (χ3n) is 4.23. The second kappa shape index (κ2) is 7.85. The summed E-state index contributed by atoms with van der Waals surface area (Å²) in [5, 5.41) is 5.74. The predicted molar refractivity (Wildman–Crippen MR) is 78.5 cm³/mol. The van der Waals surface area contributed by atoms with Crippen LogP contribution < -0.4 is 10.6 Å². The van der Waals surface area contributed by atoms with E-state index < -0.39 is 12.7 Å². The van der Waals surface area contributed by atoms with Gasteiger partial charge in [0, 0.05) is 12.6 Å². The van der Waals surface area contributed by atoms with E-state index in [2.05, 4.69) is 16.7 Å². The van der Waals surface area contributed by atoms with E-state index in [0.717, 1.165) is 19.3 Å². The second-order valence-electron chi connectivity index (χ2n) is 6.15. The van der Waals surface area contributed by atoms with Crippen LogP contribution in [0.5, 0.6) is 0 Å². The molecule has 0 aromatic heterocycles. The zero-order chi connectivity index (χ0) is 16.0. The molecule has 1 atom stereocenters. The van der Waals surface area contributed by atoms with Crippen LogP contribution in [0.4, 0.5) is 18.0 Å². The third kappa shape index (κ3) is 6.25. The van der Waals surface area contributed by atoms with E-state index in [4.69, 9.17) is 0 Å². The van der Waals surface area contributed by atoms with Gasteiger partial charge in [-0.15, -0.1) is 0 Å². The molecule has 0 saturated carbocycles. The number of hydrogen-bond acceptors (Lipinski definition) is 2. The summed E-state index contributed by atoms with van der Waals surface area (Å²) in [6, 6.07) is -0.0864. The number of allylic oxidation sites excluding steroid dienone is 1. The first kappa shape index (κ1) is 17.1. The number of carbonyl (C=O) groups excluding carboxylic acids is 1. The van der Waals surface area contributed by atoms with Crippen molar-refractivity contribution in [1.29, 1.82) is 0 Å². The predicted octanol–water partition coefficient (Wildman–Crippen LogP) is 2.67. The molecule has 2 aliphatic rings. The van der Waals surface area contributed by atoms with Crippen LogP contribution in [0.1, 0.15) is 32.1 Å². The minimum atomic E-state index is -4.13. The summed E-state index contributed by atoms with van der Waals surface area (Å²) < 4.78 is 36.9. The lowest BCUT2D eigenvalue weighted by atomic mass is 9.97. The molecule has 0 unspecified atom stereocenters. The first-order chi connectivity index (χ1) is 10.4. The lowest BCUT2D eigenvalue weighted by Gasteiger charge is -2.32. The highest BCUT2D eigenvalue weighted by atomic mass is 19.4. The van der Waals surface area contributed by atoms with E-state index >= 15 is 0 Å². The number of alkyl halides is 3. The SMILES string of the molecule is O=C(NCC1CCN(CC(F)(F)F)CC1)N[C@@H]1C=CCCC1. The Hall–Kier alpha value is -1.24. The van der Waals surface area contributed by atoms with Gasteiger partial charge in [-0.1, -0.05) is 12.2 Å². The van der Waals surface area contributed by atoms with Gasteiger partial charge < -0.3 is 10.6 Å². The number of carbonyl (C=O) groups is 1. The van der Waals surface area contributed by atoms with Crippen LogP contribution >= 0.6 is 0 Å². The van der Waals surface area contributed by atoms with Crippen molar-refractivity contribution in [2.75, 3.05) is 26.2 Å². The molecule has 1 aliphatic carbocycles. The monoisotopic (exact) mass is 319 g/mol. The van der Waals surface area contributed by atoms with Crippen molar-refractivity contribution in [2.45, 2.75) is 44.3 Å². The Kier molecular flexibility index (Phi) is 6.11. The molecule has 4 nitrogen and oxygen atoms in total. The molecule has 7 heteroatoms. The van der Waals surface area contributed by atoms with Crippen molar-refractivity contribution in [2.24, 2.45) is 5.92 Å². The van der Waals surface area contributed by atoms with Gasteiger partial charge in [0.1, 0.15) is 0 Å². The Morgan fingerprint density at radius 3 is 2.55 bits per heavy atom. The molecule has 0 aromatic carbocycles. The normalized spacial score (nSPS) is 24.2. The van der Waals surface area contributed by atoms with Gasteiger partial charge in [0.15, 0.2) is 0 Å². The van der Waals surface area contributed by atoms with Crippen LogP contribution in [0.3, 0.4) is 0 Å². The number of hydrogen-bond donors (Lipinski definition) is 2. The molecule has 1 heterocycles. The summed E-state index contributed by atoms with van der Waals surface area (Å²) in [7, 11) is 0. The van der Waals surface area contributed by atoms with E-state index in [1.165, 1.54) is 4.90 Å². The Balaban J connectivity index is 1.61. The van der Waals surface area contributed by atoms with E-state index in [1.54, 1.807) is 0 Å².